The third-order valence-electron chi connectivity index (χ3n) is 7.69. The van der Waals surface area contributed by atoms with E-state index in [-0.39, 0.29) is 28.6 Å². The number of rotatable bonds is 8. The minimum atomic E-state index is -0.609. The number of amides is 2. The van der Waals surface area contributed by atoms with Gasteiger partial charge in [-0.1, -0.05) is 53.5 Å². The third kappa shape index (κ3) is 5.61. The number of nitrogens with zero attached hydrogens (tertiary/aromatic N) is 3. The van der Waals surface area contributed by atoms with Crippen LogP contribution in [0.5, 0.6) is 11.6 Å². The molecule has 2 aromatic carbocycles. The molecule has 4 aromatic rings. The molecule has 2 aromatic heterocycles. The van der Waals surface area contributed by atoms with Gasteiger partial charge in [0.2, 0.25) is 11.8 Å². The van der Waals surface area contributed by atoms with Gasteiger partial charge in [-0.15, -0.1) is 0 Å². The molecule has 2 aliphatic rings. The molecule has 3 N–H and O–H groups in total. The van der Waals surface area contributed by atoms with Crippen molar-refractivity contribution in [2.75, 3.05) is 25.6 Å². The van der Waals surface area contributed by atoms with Crippen LogP contribution in [0.2, 0.25) is 10.0 Å². The van der Waals surface area contributed by atoms with Crippen molar-refractivity contribution in [3.63, 3.8) is 0 Å². The van der Waals surface area contributed by atoms with Crippen molar-refractivity contribution < 1.29 is 19.1 Å². The summed E-state index contributed by atoms with van der Waals surface area (Å²) < 4.78 is 12.8. The molecule has 11 nitrogen and oxygen atoms in total. The minimum absolute atomic E-state index is 0.0643. The van der Waals surface area contributed by atoms with Crippen molar-refractivity contribution in [3.05, 3.63) is 86.3 Å². The molecule has 0 spiro atoms. The molecule has 2 amide bonds. The molecule has 0 saturated carbocycles. The Balaban J connectivity index is 1.29. The molecule has 226 valence electrons. The van der Waals surface area contributed by atoms with E-state index in [2.05, 4.69) is 21.0 Å². The quantitative estimate of drug-likeness (QED) is 0.260. The van der Waals surface area contributed by atoms with E-state index in [4.69, 9.17) is 37.7 Å². The summed E-state index contributed by atoms with van der Waals surface area (Å²) in [5, 5.41) is 13.6. The molecule has 1 unspecified atom stereocenters. The topological polar surface area (TPSA) is 136 Å². The Kier molecular flexibility index (Phi) is 8.26. The van der Waals surface area contributed by atoms with E-state index in [1.807, 2.05) is 24.3 Å². The van der Waals surface area contributed by atoms with Gasteiger partial charge in [0.25, 0.3) is 11.5 Å². The minimum Gasteiger partial charge on any atom is -0.491 e. The van der Waals surface area contributed by atoms with Crippen LogP contribution in [0.3, 0.4) is 0 Å². The lowest BCUT2D eigenvalue weighted by atomic mass is 9.99. The van der Waals surface area contributed by atoms with E-state index in [0.717, 1.165) is 16.7 Å². The molecular formula is C31H28Cl2N6O5. The Morgan fingerprint density at radius 3 is 2.61 bits per heavy atom. The van der Waals surface area contributed by atoms with E-state index in [0.29, 0.717) is 64.3 Å². The number of halogens is 2. The van der Waals surface area contributed by atoms with Gasteiger partial charge in [0.1, 0.15) is 17.9 Å². The molecule has 13 heteroatoms. The average Bonchev–Trinajstić information content (AvgIpc) is 3.63. The van der Waals surface area contributed by atoms with Crippen LogP contribution in [-0.4, -0.2) is 52.9 Å². The Labute approximate surface area is 262 Å². The average molecular weight is 636 g/mol. The van der Waals surface area contributed by atoms with Crippen LogP contribution >= 0.6 is 23.2 Å². The number of methoxy groups -OCH3 is 1. The van der Waals surface area contributed by atoms with Crippen molar-refractivity contribution in [1.82, 2.24) is 25.4 Å². The predicted molar refractivity (Wildman–Crippen MR) is 167 cm³/mol. The van der Waals surface area contributed by atoms with E-state index in [9.17, 15) is 14.4 Å². The maximum Gasteiger partial charge on any atom is 0.279 e. The summed E-state index contributed by atoms with van der Waals surface area (Å²) in [5.41, 5.74) is 2.90. The number of benzene rings is 2. The van der Waals surface area contributed by atoms with Crippen LogP contribution in [0.25, 0.3) is 22.4 Å². The summed E-state index contributed by atoms with van der Waals surface area (Å²) in [7, 11) is 3.02. The standard InChI is InChI=1S/C31H28Cl2N6O5/c1-39-31(42)20(11-12-35-39)29(41)37-21-8-4-6-18(28(21)33)17-5-3-7-19(27(17)32)22-13-24-26(30(38-22)43-2)23(15-44-24)34-14-16-9-10-25(40)36-16/h3-8,11-13,16,23,34H,9-10,14-15H2,1-2H3,(H,36,40)(H,37,41)/t16-,23?/m0/s1. The monoisotopic (exact) mass is 634 g/mol. The number of hydrogen-bond donors (Lipinski definition) is 3. The molecule has 6 rings (SSSR count). The van der Waals surface area contributed by atoms with Gasteiger partial charge >= 0.3 is 0 Å². The summed E-state index contributed by atoms with van der Waals surface area (Å²) >= 11 is 13.8. The molecule has 1 saturated heterocycles. The van der Waals surface area contributed by atoms with Gasteiger partial charge in [0, 0.05) is 55.0 Å². The molecule has 0 radical (unpaired) electrons. The lowest BCUT2D eigenvalue weighted by Crippen LogP contribution is -2.37. The first-order chi connectivity index (χ1) is 21.2. The number of carbonyl (C=O) groups excluding carboxylic acids is 2. The van der Waals surface area contributed by atoms with Crippen LogP contribution in [-0.2, 0) is 11.8 Å². The zero-order valence-corrected chi connectivity index (χ0v) is 25.3. The van der Waals surface area contributed by atoms with Crippen LogP contribution in [0.4, 0.5) is 5.69 Å². The number of pyridine rings is 1. The summed E-state index contributed by atoms with van der Waals surface area (Å²) in [6, 6.07) is 13.8. The Morgan fingerprint density at radius 1 is 1.11 bits per heavy atom. The fraction of sp³-hybridized carbons (Fsp3) is 0.258. The first-order valence-corrected chi connectivity index (χ1v) is 14.7. The number of hydrogen-bond acceptors (Lipinski definition) is 8. The second-order valence-electron chi connectivity index (χ2n) is 10.5. The summed E-state index contributed by atoms with van der Waals surface area (Å²) in [6.45, 7) is 1.00. The smallest absolute Gasteiger partial charge is 0.279 e. The molecule has 2 aliphatic heterocycles. The van der Waals surface area contributed by atoms with Crippen LogP contribution in [0, 0.1) is 0 Å². The van der Waals surface area contributed by atoms with Gasteiger partial charge in [-0.25, -0.2) is 9.67 Å². The maximum atomic E-state index is 12.9. The number of nitrogens with one attached hydrogen (secondary N) is 3. The molecule has 44 heavy (non-hydrogen) atoms. The van der Waals surface area contributed by atoms with Crippen molar-refractivity contribution >= 4 is 40.7 Å². The number of aromatic nitrogens is 3. The van der Waals surface area contributed by atoms with Gasteiger partial charge < -0.3 is 25.4 Å². The molecule has 4 heterocycles. The van der Waals surface area contributed by atoms with Gasteiger partial charge in [-0.2, -0.15) is 5.10 Å². The zero-order valence-electron chi connectivity index (χ0n) is 23.8. The first kappa shape index (κ1) is 29.6. The number of anilines is 1. The normalized spacial score (nSPS) is 17.1. The number of carbonyl (C=O) groups is 2. The first-order valence-electron chi connectivity index (χ1n) is 13.9. The summed E-state index contributed by atoms with van der Waals surface area (Å²) in [4.78, 5) is 41.6. The van der Waals surface area contributed by atoms with Crippen molar-refractivity contribution in [2.24, 2.45) is 7.05 Å². The van der Waals surface area contributed by atoms with E-state index >= 15 is 0 Å². The van der Waals surface area contributed by atoms with Crippen molar-refractivity contribution in [3.8, 4) is 34.0 Å². The summed E-state index contributed by atoms with van der Waals surface area (Å²) in [5.74, 6) is 0.500. The molecular weight excluding hydrogens is 607 g/mol. The molecule has 1 fully saturated rings. The summed E-state index contributed by atoms with van der Waals surface area (Å²) in [6.07, 6.45) is 2.70. The Morgan fingerprint density at radius 2 is 1.86 bits per heavy atom. The highest BCUT2D eigenvalue weighted by Crippen LogP contribution is 2.45. The van der Waals surface area contributed by atoms with E-state index < -0.39 is 11.5 Å². The molecule has 0 aliphatic carbocycles. The van der Waals surface area contributed by atoms with Gasteiger partial charge in [-0.3, -0.25) is 14.4 Å². The van der Waals surface area contributed by atoms with Gasteiger partial charge in [0.15, 0.2) is 0 Å². The van der Waals surface area contributed by atoms with Crippen LogP contribution < -0.4 is 31.0 Å². The fourth-order valence-corrected chi connectivity index (χ4v) is 6.02. The Hall–Kier alpha value is -4.45. The number of ether oxygens (including phenoxy) is 2. The Bertz CT molecular complexity index is 1850. The number of fused-ring (bicyclic) bond motifs is 1. The molecule has 2 atom stereocenters. The largest absolute Gasteiger partial charge is 0.491 e. The molecule has 0 bridgehead atoms. The van der Waals surface area contributed by atoms with Gasteiger partial charge in [-0.05, 0) is 18.6 Å². The van der Waals surface area contributed by atoms with E-state index in [1.165, 1.54) is 19.3 Å². The predicted octanol–water partition coefficient (Wildman–Crippen LogP) is 4.38. The highest BCUT2D eigenvalue weighted by Gasteiger charge is 2.32. The SMILES string of the molecule is COc1nc(-c2cccc(-c3cccc(NC(=O)c4ccnn(C)c4=O)c3Cl)c2Cl)cc2c1C(NC[C@@H]1CCC(=O)N1)CO2. The number of aryl methyl sites for hydroxylation is 1. The van der Waals surface area contributed by atoms with Crippen LogP contribution in [0.1, 0.15) is 34.8 Å². The zero-order chi connectivity index (χ0) is 31.0. The third-order valence-corrected chi connectivity index (χ3v) is 8.50. The van der Waals surface area contributed by atoms with Crippen molar-refractivity contribution in [1.29, 1.82) is 0 Å². The lowest BCUT2D eigenvalue weighted by molar-refractivity contribution is -0.119. The van der Waals surface area contributed by atoms with Crippen molar-refractivity contribution in [2.45, 2.75) is 24.9 Å². The highest BCUT2D eigenvalue weighted by molar-refractivity contribution is 6.39. The maximum absolute atomic E-state index is 12.9. The second-order valence-corrected chi connectivity index (χ2v) is 11.2. The lowest BCUT2D eigenvalue weighted by Gasteiger charge is -2.18. The highest BCUT2D eigenvalue weighted by atomic mass is 35.5. The fourth-order valence-electron chi connectivity index (χ4n) is 5.42. The van der Waals surface area contributed by atoms with Crippen LogP contribution in [0.15, 0.2) is 59.5 Å². The second kappa shape index (κ2) is 12.3. The van der Waals surface area contributed by atoms with E-state index in [1.54, 1.807) is 25.3 Å². The van der Waals surface area contributed by atoms with Gasteiger partial charge in [0.05, 0.1) is 40.1 Å².